The van der Waals surface area contributed by atoms with Crippen LogP contribution in [0.25, 0.3) is 6.08 Å². The summed E-state index contributed by atoms with van der Waals surface area (Å²) in [6.45, 7) is 0. The molecule has 0 amide bonds. The molecule has 0 fully saturated rings. The lowest BCUT2D eigenvalue weighted by molar-refractivity contribution is 0.104. The maximum absolute atomic E-state index is 12.9. The molecule has 0 saturated heterocycles. The zero-order valence-corrected chi connectivity index (χ0v) is 13.9. The summed E-state index contributed by atoms with van der Waals surface area (Å²) < 4.78 is 12.9. The lowest BCUT2D eigenvalue weighted by Crippen LogP contribution is -2.08. The lowest BCUT2D eigenvalue weighted by Gasteiger charge is -2.19. The third kappa shape index (κ3) is 4.21. The summed E-state index contributed by atoms with van der Waals surface area (Å²) >= 11 is 0. The molecule has 0 radical (unpaired) electrons. The van der Waals surface area contributed by atoms with E-state index in [-0.39, 0.29) is 11.6 Å². The van der Waals surface area contributed by atoms with Crippen LogP contribution in [0.15, 0.2) is 84.9 Å². The van der Waals surface area contributed by atoms with Crippen molar-refractivity contribution in [2.75, 3.05) is 11.9 Å². The van der Waals surface area contributed by atoms with E-state index in [4.69, 9.17) is 0 Å². The van der Waals surface area contributed by atoms with Crippen molar-refractivity contribution in [3.8, 4) is 0 Å². The van der Waals surface area contributed by atoms with Crippen molar-refractivity contribution in [1.29, 1.82) is 0 Å². The van der Waals surface area contributed by atoms with Gasteiger partial charge in [0.1, 0.15) is 5.82 Å². The average Bonchev–Trinajstić information content (AvgIpc) is 2.67. The van der Waals surface area contributed by atoms with E-state index >= 15 is 0 Å². The topological polar surface area (TPSA) is 20.3 Å². The van der Waals surface area contributed by atoms with E-state index in [1.54, 1.807) is 6.08 Å². The van der Waals surface area contributed by atoms with E-state index in [1.165, 1.54) is 30.3 Å². The highest BCUT2D eigenvalue weighted by molar-refractivity contribution is 6.06. The van der Waals surface area contributed by atoms with Gasteiger partial charge in [-0.2, -0.15) is 0 Å². The van der Waals surface area contributed by atoms with Gasteiger partial charge < -0.3 is 4.90 Å². The number of ketones is 1. The summed E-state index contributed by atoms with van der Waals surface area (Å²) in [4.78, 5) is 14.2. The molecule has 3 heteroatoms. The van der Waals surface area contributed by atoms with Crippen LogP contribution in [0.3, 0.4) is 0 Å². The Morgan fingerprint density at radius 1 is 0.840 bits per heavy atom. The minimum atomic E-state index is -0.348. The van der Waals surface area contributed by atoms with E-state index in [2.05, 4.69) is 17.0 Å². The molecule has 0 atom stereocenters. The SMILES string of the molecule is CN(c1ccccc1)c1ccc(/C=C/C(=O)c2ccc(F)cc2)cc1. The first-order valence-corrected chi connectivity index (χ1v) is 8.00. The number of anilines is 2. The van der Waals surface area contributed by atoms with E-state index < -0.39 is 0 Å². The van der Waals surface area contributed by atoms with Gasteiger partial charge in [0.2, 0.25) is 0 Å². The molecular formula is C22H18FNO. The fourth-order valence-corrected chi connectivity index (χ4v) is 2.49. The van der Waals surface area contributed by atoms with Gasteiger partial charge in [0.05, 0.1) is 0 Å². The minimum Gasteiger partial charge on any atom is -0.345 e. The molecule has 0 unspecified atom stereocenters. The van der Waals surface area contributed by atoms with Gasteiger partial charge in [-0.25, -0.2) is 4.39 Å². The van der Waals surface area contributed by atoms with Crippen molar-refractivity contribution >= 4 is 23.2 Å². The second-order valence-electron chi connectivity index (χ2n) is 5.69. The van der Waals surface area contributed by atoms with Gasteiger partial charge >= 0.3 is 0 Å². The third-order valence-electron chi connectivity index (χ3n) is 3.98. The second-order valence-corrected chi connectivity index (χ2v) is 5.69. The number of para-hydroxylation sites is 1. The van der Waals surface area contributed by atoms with Crippen LogP contribution in [0.1, 0.15) is 15.9 Å². The van der Waals surface area contributed by atoms with Crippen molar-refractivity contribution in [2.24, 2.45) is 0 Å². The monoisotopic (exact) mass is 331 g/mol. The molecule has 0 aliphatic heterocycles. The molecule has 0 aromatic heterocycles. The number of carbonyl (C=O) groups is 1. The maximum atomic E-state index is 12.9. The van der Waals surface area contributed by atoms with Crippen LogP contribution in [0.2, 0.25) is 0 Å². The van der Waals surface area contributed by atoms with Gasteiger partial charge in [-0.05, 0) is 60.2 Å². The summed E-state index contributed by atoms with van der Waals surface area (Å²) in [5.41, 5.74) is 3.57. The van der Waals surface area contributed by atoms with Gasteiger partial charge in [0, 0.05) is 24.0 Å². The van der Waals surface area contributed by atoms with Crippen molar-refractivity contribution in [2.45, 2.75) is 0 Å². The molecule has 2 nitrogen and oxygen atoms in total. The average molecular weight is 331 g/mol. The van der Waals surface area contributed by atoms with Crippen LogP contribution in [0, 0.1) is 5.82 Å². The number of benzene rings is 3. The Hall–Kier alpha value is -3.20. The lowest BCUT2D eigenvalue weighted by atomic mass is 10.1. The highest BCUT2D eigenvalue weighted by Gasteiger charge is 2.04. The Morgan fingerprint density at radius 2 is 1.44 bits per heavy atom. The highest BCUT2D eigenvalue weighted by atomic mass is 19.1. The quantitative estimate of drug-likeness (QED) is 0.455. The molecule has 124 valence electrons. The van der Waals surface area contributed by atoms with Crippen LogP contribution in [0.4, 0.5) is 15.8 Å². The van der Waals surface area contributed by atoms with Crippen molar-refractivity contribution in [1.82, 2.24) is 0 Å². The van der Waals surface area contributed by atoms with Gasteiger partial charge in [0.15, 0.2) is 5.78 Å². The van der Waals surface area contributed by atoms with Gasteiger partial charge in [0.25, 0.3) is 0 Å². The molecule has 0 saturated carbocycles. The summed E-state index contributed by atoms with van der Waals surface area (Å²) in [6, 6.07) is 23.6. The number of hydrogen-bond acceptors (Lipinski definition) is 2. The second kappa shape index (κ2) is 7.58. The zero-order chi connectivity index (χ0) is 17.6. The number of allylic oxidation sites excluding steroid dienone is 1. The Bertz CT molecular complexity index is 868. The Balaban J connectivity index is 1.70. The van der Waals surface area contributed by atoms with Crippen LogP contribution in [-0.2, 0) is 0 Å². The number of hydrogen-bond donors (Lipinski definition) is 0. The van der Waals surface area contributed by atoms with Crippen molar-refractivity contribution in [3.63, 3.8) is 0 Å². The van der Waals surface area contributed by atoms with E-state index in [0.29, 0.717) is 5.56 Å². The maximum Gasteiger partial charge on any atom is 0.185 e. The minimum absolute atomic E-state index is 0.148. The molecule has 3 aromatic rings. The predicted octanol–water partition coefficient (Wildman–Crippen LogP) is 5.49. The van der Waals surface area contributed by atoms with E-state index in [0.717, 1.165) is 16.9 Å². The molecule has 0 heterocycles. The van der Waals surface area contributed by atoms with E-state index in [1.807, 2.05) is 49.5 Å². The van der Waals surface area contributed by atoms with E-state index in [9.17, 15) is 9.18 Å². The molecule has 3 rings (SSSR count). The van der Waals surface area contributed by atoms with Crippen LogP contribution >= 0.6 is 0 Å². The fourth-order valence-electron chi connectivity index (χ4n) is 2.49. The van der Waals surface area contributed by atoms with Crippen LogP contribution in [-0.4, -0.2) is 12.8 Å². The number of halogens is 1. The first-order chi connectivity index (χ1) is 12.1. The number of nitrogens with zero attached hydrogens (tertiary/aromatic N) is 1. The summed E-state index contributed by atoms with van der Waals surface area (Å²) in [5.74, 6) is -0.496. The molecule has 0 aliphatic carbocycles. The Morgan fingerprint density at radius 3 is 2.08 bits per heavy atom. The molecule has 0 bridgehead atoms. The standard InChI is InChI=1S/C22H18FNO/c1-24(20-5-3-2-4-6-20)21-14-7-17(8-15-21)9-16-22(25)18-10-12-19(23)13-11-18/h2-16H,1H3/b16-9+. The zero-order valence-electron chi connectivity index (χ0n) is 13.9. The third-order valence-corrected chi connectivity index (χ3v) is 3.98. The van der Waals surface area contributed by atoms with Crippen molar-refractivity contribution < 1.29 is 9.18 Å². The van der Waals surface area contributed by atoms with Gasteiger partial charge in [-0.1, -0.05) is 36.4 Å². The summed E-state index contributed by atoms with van der Waals surface area (Å²) in [7, 11) is 2.01. The molecule has 3 aromatic carbocycles. The smallest absolute Gasteiger partial charge is 0.185 e. The summed E-state index contributed by atoms with van der Waals surface area (Å²) in [5, 5.41) is 0. The number of carbonyl (C=O) groups excluding carboxylic acids is 1. The van der Waals surface area contributed by atoms with Gasteiger partial charge in [-0.15, -0.1) is 0 Å². The summed E-state index contributed by atoms with van der Waals surface area (Å²) in [6.07, 6.45) is 3.27. The predicted molar refractivity (Wildman–Crippen MR) is 101 cm³/mol. The van der Waals surface area contributed by atoms with Crippen LogP contribution < -0.4 is 4.90 Å². The Kier molecular flexibility index (Phi) is 5.05. The Labute approximate surface area is 146 Å². The van der Waals surface area contributed by atoms with Crippen LogP contribution in [0.5, 0.6) is 0 Å². The molecule has 0 spiro atoms. The largest absolute Gasteiger partial charge is 0.345 e. The molecular weight excluding hydrogens is 313 g/mol. The first-order valence-electron chi connectivity index (χ1n) is 8.00. The molecule has 0 N–H and O–H groups in total. The highest BCUT2D eigenvalue weighted by Crippen LogP contribution is 2.23. The first kappa shape index (κ1) is 16.7. The fraction of sp³-hybridized carbons (Fsp3) is 0.0455. The van der Waals surface area contributed by atoms with Crippen molar-refractivity contribution in [3.05, 3.63) is 102 Å². The molecule has 0 aliphatic rings. The number of rotatable bonds is 5. The normalized spacial score (nSPS) is 10.8. The molecule has 25 heavy (non-hydrogen) atoms. The van der Waals surface area contributed by atoms with Gasteiger partial charge in [-0.3, -0.25) is 4.79 Å².